The van der Waals surface area contributed by atoms with Gasteiger partial charge >= 0.3 is 6.18 Å². The number of amides is 1. The average molecular weight is 423 g/mol. The van der Waals surface area contributed by atoms with Gasteiger partial charge in [-0.3, -0.25) is 15.0 Å². The van der Waals surface area contributed by atoms with Gasteiger partial charge in [-0.1, -0.05) is 0 Å². The van der Waals surface area contributed by atoms with Crippen molar-refractivity contribution in [2.75, 3.05) is 18.6 Å². The van der Waals surface area contributed by atoms with Gasteiger partial charge in [-0.15, -0.1) is 0 Å². The SMILES string of the molecule is O=C(Nn1c(=S)[nH]c2cc3c(cc2c1=O)OCCO3)c1ccc(C(F)(F)F)cc1. The first kappa shape index (κ1) is 19.0. The maximum atomic E-state index is 12.8. The summed E-state index contributed by atoms with van der Waals surface area (Å²) in [6.07, 6.45) is -4.52. The molecule has 1 aromatic heterocycles. The van der Waals surface area contributed by atoms with Gasteiger partial charge in [0.05, 0.1) is 16.5 Å². The molecule has 3 aromatic rings. The van der Waals surface area contributed by atoms with Gasteiger partial charge in [0.15, 0.2) is 16.3 Å². The number of ether oxygens (including phenoxy) is 2. The fourth-order valence-corrected chi connectivity index (χ4v) is 3.07. The van der Waals surface area contributed by atoms with Crippen LogP contribution in [0.3, 0.4) is 0 Å². The number of rotatable bonds is 2. The summed E-state index contributed by atoms with van der Waals surface area (Å²) in [5, 5.41) is 0.190. The summed E-state index contributed by atoms with van der Waals surface area (Å²) in [6, 6.07) is 6.63. The van der Waals surface area contributed by atoms with E-state index in [1.807, 2.05) is 0 Å². The van der Waals surface area contributed by atoms with Gasteiger partial charge in [0.2, 0.25) is 0 Å². The standard InChI is InChI=1S/C18H12F3N3O4S/c19-18(20,21)10-3-1-9(2-4-10)15(25)23-24-16(26)11-7-13-14(28-6-5-27-13)8-12(11)22-17(24)29/h1-4,7-8H,5-6H2,(H,22,29)(H,23,25). The van der Waals surface area contributed by atoms with Gasteiger partial charge in [0.25, 0.3) is 11.5 Å². The lowest BCUT2D eigenvalue weighted by Crippen LogP contribution is -2.34. The molecule has 1 aliphatic heterocycles. The van der Waals surface area contributed by atoms with Crippen LogP contribution in [0.4, 0.5) is 13.2 Å². The van der Waals surface area contributed by atoms with Crippen molar-refractivity contribution in [3.05, 3.63) is 62.6 Å². The number of nitrogens with one attached hydrogen (secondary N) is 2. The third-order valence-electron chi connectivity index (χ3n) is 4.25. The third-order valence-corrected chi connectivity index (χ3v) is 4.53. The van der Waals surface area contributed by atoms with E-state index in [9.17, 15) is 22.8 Å². The van der Waals surface area contributed by atoms with Crippen molar-refractivity contribution in [2.45, 2.75) is 6.18 Å². The number of hydrogen-bond donors (Lipinski definition) is 2. The smallest absolute Gasteiger partial charge is 0.416 e. The van der Waals surface area contributed by atoms with Gasteiger partial charge < -0.3 is 14.5 Å². The normalized spacial score (nSPS) is 13.3. The predicted molar refractivity (Wildman–Crippen MR) is 99.5 cm³/mol. The molecule has 7 nitrogen and oxygen atoms in total. The molecule has 1 amide bonds. The summed E-state index contributed by atoms with van der Waals surface area (Å²) in [5.74, 6) is 0.0459. The minimum absolute atomic E-state index is 0.0680. The number of hydrogen-bond acceptors (Lipinski definition) is 5. The molecule has 2 heterocycles. The molecular formula is C18H12F3N3O4S. The highest BCUT2D eigenvalue weighted by atomic mass is 32.1. The Labute approximate surface area is 165 Å². The molecule has 4 rings (SSSR count). The van der Waals surface area contributed by atoms with E-state index >= 15 is 0 Å². The Hall–Kier alpha value is -3.34. The van der Waals surface area contributed by atoms with Crippen LogP contribution in [0.1, 0.15) is 15.9 Å². The number of alkyl halides is 3. The summed E-state index contributed by atoms with van der Waals surface area (Å²) < 4.78 is 49.6. The van der Waals surface area contributed by atoms with Crippen LogP contribution >= 0.6 is 12.2 Å². The molecule has 11 heteroatoms. The summed E-state index contributed by atoms with van der Waals surface area (Å²) in [4.78, 5) is 28.0. The van der Waals surface area contributed by atoms with Crippen LogP contribution in [0.25, 0.3) is 10.9 Å². The van der Waals surface area contributed by atoms with E-state index in [1.54, 1.807) is 6.07 Å². The van der Waals surface area contributed by atoms with E-state index in [4.69, 9.17) is 21.7 Å². The van der Waals surface area contributed by atoms with Crippen LogP contribution in [0, 0.1) is 4.77 Å². The van der Waals surface area contributed by atoms with E-state index in [1.165, 1.54) is 6.07 Å². The summed E-state index contributed by atoms with van der Waals surface area (Å²) in [6.45, 7) is 0.708. The van der Waals surface area contributed by atoms with E-state index in [2.05, 4.69) is 10.4 Å². The monoisotopic (exact) mass is 423 g/mol. The van der Waals surface area contributed by atoms with Gasteiger partial charge in [0.1, 0.15) is 13.2 Å². The molecule has 0 saturated carbocycles. The molecule has 2 aromatic carbocycles. The Morgan fingerprint density at radius 3 is 2.34 bits per heavy atom. The van der Waals surface area contributed by atoms with Crippen molar-refractivity contribution in [3.63, 3.8) is 0 Å². The highest BCUT2D eigenvalue weighted by molar-refractivity contribution is 7.71. The molecule has 0 spiro atoms. The minimum Gasteiger partial charge on any atom is -0.486 e. The van der Waals surface area contributed by atoms with Crippen LogP contribution in [0.2, 0.25) is 0 Å². The zero-order valence-electron chi connectivity index (χ0n) is 14.5. The van der Waals surface area contributed by atoms with Gasteiger partial charge in [-0.25, -0.2) is 0 Å². The van der Waals surface area contributed by atoms with Crippen molar-refractivity contribution in [3.8, 4) is 11.5 Å². The van der Waals surface area contributed by atoms with Crippen molar-refractivity contribution in [2.24, 2.45) is 0 Å². The first-order valence-corrected chi connectivity index (χ1v) is 8.72. The van der Waals surface area contributed by atoms with E-state index in [0.717, 1.165) is 28.9 Å². The molecule has 0 unspecified atom stereocenters. The predicted octanol–water partition coefficient (Wildman–Crippen LogP) is 3.23. The van der Waals surface area contributed by atoms with Crippen LogP contribution in [-0.4, -0.2) is 28.8 Å². The second-order valence-corrected chi connectivity index (χ2v) is 6.51. The molecular weight excluding hydrogens is 411 g/mol. The molecule has 0 atom stereocenters. The Balaban J connectivity index is 1.69. The first-order valence-electron chi connectivity index (χ1n) is 8.31. The topological polar surface area (TPSA) is 85.4 Å². The van der Waals surface area contributed by atoms with E-state index < -0.39 is 23.2 Å². The number of benzene rings is 2. The molecule has 150 valence electrons. The van der Waals surface area contributed by atoms with Crippen LogP contribution < -0.4 is 20.5 Å². The quantitative estimate of drug-likeness (QED) is 0.619. The second kappa shape index (κ2) is 6.92. The minimum atomic E-state index is -4.52. The van der Waals surface area contributed by atoms with Crippen LogP contribution in [0.5, 0.6) is 11.5 Å². The zero-order chi connectivity index (χ0) is 20.8. The molecule has 0 aliphatic carbocycles. The average Bonchev–Trinajstić information content (AvgIpc) is 2.69. The Bertz CT molecular complexity index is 1230. The molecule has 2 N–H and O–H groups in total. The number of carbonyl (C=O) groups excluding carboxylic acids is 1. The van der Waals surface area contributed by atoms with Crippen molar-refractivity contribution in [1.29, 1.82) is 0 Å². The molecule has 0 fully saturated rings. The Morgan fingerprint density at radius 1 is 1.10 bits per heavy atom. The number of aromatic nitrogens is 2. The number of nitrogens with zero attached hydrogens (tertiary/aromatic N) is 1. The fraction of sp³-hybridized carbons (Fsp3) is 0.167. The van der Waals surface area contributed by atoms with Gasteiger partial charge in [-0.2, -0.15) is 17.8 Å². The van der Waals surface area contributed by atoms with E-state index in [-0.39, 0.29) is 15.7 Å². The Kier molecular flexibility index (Phi) is 4.53. The van der Waals surface area contributed by atoms with Crippen molar-refractivity contribution >= 4 is 29.0 Å². The van der Waals surface area contributed by atoms with Crippen LogP contribution in [0.15, 0.2) is 41.2 Å². The summed E-state index contributed by atoms with van der Waals surface area (Å²) in [7, 11) is 0. The number of carbonyl (C=O) groups is 1. The number of H-pyrrole nitrogens is 1. The molecule has 1 aliphatic rings. The van der Waals surface area contributed by atoms with Crippen LogP contribution in [-0.2, 0) is 6.18 Å². The lowest BCUT2D eigenvalue weighted by atomic mass is 10.1. The fourth-order valence-electron chi connectivity index (χ4n) is 2.83. The maximum Gasteiger partial charge on any atom is 0.416 e. The number of halogens is 3. The second-order valence-electron chi connectivity index (χ2n) is 6.13. The largest absolute Gasteiger partial charge is 0.486 e. The zero-order valence-corrected chi connectivity index (χ0v) is 15.3. The van der Waals surface area contributed by atoms with E-state index in [0.29, 0.717) is 30.2 Å². The highest BCUT2D eigenvalue weighted by Crippen LogP contribution is 2.32. The molecule has 0 saturated heterocycles. The van der Waals surface area contributed by atoms with Crippen molar-refractivity contribution in [1.82, 2.24) is 9.66 Å². The highest BCUT2D eigenvalue weighted by Gasteiger charge is 2.30. The third kappa shape index (κ3) is 3.56. The number of aromatic amines is 1. The first-order chi connectivity index (χ1) is 13.7. The summed E-state index contributed by atoms with van der Waals surface area (Å²) >= 11 is 5.13. The Morgan fingerprint density at radius 2 is 1.72 bits per heavy atom. The molecule has 29 heavy (non-hydrogen) atoms. The van der Waals surface area contributed by atoms with Crippen molar-refractivity contribution < 1.29 is 27.4 Å². The van der Waals surface area contributed by atoms with Gasteiger partial charge in [0, 0.05) is 11.6 Å². The maximum absolute atomic E-state index is 12.8. The molecule has 0 bridgehead atoms. The number of fused-ring (bicyclic) bond motifs is 2. The van der Waals surface area contributed by atoms with Gasteiger partial charge in [-0.05, 0) is 42.5 Å². The summed E-state index contributed by atoms with van der Waals surface area (Å²) in [5.41, 5.74) is 1.11. The molecule has 0 radical (unpaired) electrons. The lowest BCUT2D eigenvalue weighted by Gasteiger charge is -2.19. The lowest BCUT2D eigenvalue weighted by molar-refractivity contribution is -0.137.